The lowest BCUT2D eigenvalue weighted by atomic mass is 10.1. The molecule has 0 aliphatic carbocycles. The molecule has 4 rings (SSSR count). The Kier molecular flexibility index (Phi) is 5.42. The van der Waals surface area contributed by atoms with Crippen molar-refractivity contribution in [2.75, 3.05) is 31.7 Å². The number of carbonyl (C=O) groups excluding carboxylic acids is 3. The smallest absolute Gasteiger partial charge is 0.254 e. The van der Waals surface area contributed by atoms with Gasteiger partial charge in [-0.3, -0.25) is 19.3 Å². The monoisotopic (exact) mass is 421 g/mol. The van der Waals surface area contributed by atoms with E-state index < -0.39 is 0 Å². The number of anilines is 1. The summed E-state index contributed by atoms with van der Waals surface area (Å²) in [5.41, 5.74) is 1.20. The van der Waals surface area contributed by atoms with Gasteiger partial charge >= 0.3 is 0 Å². The maximum atomic E-state index is 12.8. The number of likely N-dealkylation sites (N-methyl/N-ethyl adjacent to an activating group) is 1. The molecule has 0 radical (unpaired) electrons. The average Bonchev–Trinajstić information content (AvgIpc) is 3.15. The first-order valence-electron chi connectivity index (χ1n) is 9.50. The number of fused-ring (bicyclic) bond motifs is 1. The van der Waals surface area contributed by atoms with Gasteiger partial charge in [-0.25, -0.2) is 0 Å². The quantitative estimate of drug-likeness (QED) is 0.648. The van der Waals surface area contributed by atoms with Crippen LogP contribution in [0.3, 0.4) is 0 Å². The van der Waals surface area contributed by atoms with E-state index in [4.69, 9.17) is 11.6 Å². The molecule has 0 unspecified atom stereocenters. The van der Waals surface area contributed by atoms with Gasteiger partial charge < -0.3 is 9.80 Å². The van der Waals surface area contributed by atoms with Gasteiger partial charge in [0.15, 0.2) is 0 Å². The molecule has 1 heterocycles. The van der Waals surface area contributed by atoms with Crippen molar-refractivity contribution in [1.82, 2.24) is 9.80 Å². The molecule has 0 atom stereocenters. The predicted octanol–water partition coefficient (Wildman–Crippen LogP) is 3.40. The minimum atomic E-state index is -0.281. The highest BCUT2D eigenvalue weighted by Gasteiger charge is 2.32. The van der Waals surface area contributed by atoms with Crippen molar-refractivity contribution in [3.8, 4) is 0 Å². The van der Waals surface area contributed by atoms with Crippen LogP contribution in [0, 0.1) is 0 Å². The van der Waals surface area contributed by atoms with Crippen molar-refractivity contribution < 1.29 is 14.4 Å². The number of hydrogen-bond acceptors (Lipinski definition) is 3. The van der Waals surface area contributed by atoms with Gasteiger partial charge in [-0.15, -0.1) is 0 Å². The van der Waals surface area contributed by atoms with Crippen molar-refractivity contribution in [2.45, 2.75) is 0 Å². The Balaban J connectivity index is 1.42. The molecular weight excluding hydrogens is 402 g/mol. The third-order valence-electron chi connectivity index (χ3n) is 5.15. The fraction of sp³-hybridized carbons (Fsp3) is 0.174. The summed E-state index contributed by atoms with van der Waals surface area (Å²) in [7, 11) is 1.59. The third kappa shape index (κ3) is 4.00. The molecule has 1 aliphatic heterocycles. The third-order valence-corrected chi connectivity index (χ3v) is 5.40. The summed E-state index contributed by atoms with van der Waals surface area (Å²) >= 11 is 5.90. The van der Waals surface area contributed by atoms with Crippen molar-refractivity contribution in [2.24, 2.45) is 0 Å². The summed E-state index contributed by atoms with van der Waals surface area (Å²) in [6.07, 6.45) is 0. The molecule has 3 aromatic rings. The number of rotatable bonds is 4. The van der Waals surface area contributed by atoms with E-state index in [1.165, 1.54) is 14.7 Å². The molecule has 152 valence electrons. The van der Waals surface area contributed by atoms with Crippen molar-refractivity contribution >= 4 is 45.8 Å². The Bertz CT molecular complexity index is 1130. The van der Waals surface area contributed by atoms with E-state index in [1.54, 1.807) is 37.4 Å². The lowest BCUT2D eigenvalue weighted by Gasteiger charge is -2.22. The highest BCUT2D eigenvalue weighted by molar-refractivity contribution is 6.30. The number of halogens is 1. The topological polar surface area (TPSA) is 60.9 Å². The van der Waals surface area contributed by atoms with E-state index in [1.807, 2.05) is 36.4 Å². The molecule has 1 fully saturated rings. The van der Waals surface area contributed by atoms with E-state index >= 15 is 0 Å². The molecule has 6 nitrogen and oxygen atoms in total. The minimum absolute atomic E-state index is 0.0144. The van der Waals surface area contributed by atoms with E-state index in [0.29, 0.717) is 16.3 Å². The lowest BCUT2D eigenvalue weighted by Crippen LogP contribution is -2.40. The average molecular weight is 422 g/mol. The van der Waals surface area contributed by atoms with Gasteiger partial charge in [0.05, 0.1) is 6.54 Å². The summed E-state index contributed by atoms with van der Waals surface area (Å²) in [5.74, 6) is -0.695. The zero-order chi connectivity index (χ0) is 21.3. The van der Waals surface area contributed by atoms with Crippen molar-refractivity contribution in [3.05, 3.63) is 77.3 Å². The first-order chi connectivity index (χ1) is 14.4. The van der Waals surface area contributed by atoms with Crippen LogP contribution in [-0.2, 0) is 9.59 Å². The van der Waals surface area contributed by atoms with E-state index in [9.17, 15) is 14.4 Å². The Labute approximate surface area is 179 Å². The molecule has 0 saturated carbocycles. The van der Waals surface area contributed by atoms with E-state index in [-0.39, 0.29) is 37.5 Å². The molecule has 30 heavy (non-hydrogen) atoms. The van der Waals surface area contributed by atoms with Crippen LogP contribution in [0.15, 0.2) is 66.7 Å². The predicted molar refractivity (Wildman–Crippen MR) is 116 cm³/mol. The van der Waals surface area contributed by atoms with Gasteiger partial charge in [0.2, 0.25) is 11.8 Å². The van der Waals surface area contributed by atoms with Crippen molar-refractivity contribution in [1.29, 1.82) is 0 Å². The number of amides is 3. The zero-order valence-corrected chi connectivity index (χ0v) is 17.2. The summed E-state index contributed by atoms with van der Waals surface area (Å²) < 4.78 is 0. The maximum Gasteiger partial charge on any atom is 0.254 e. The van der Waals surface area contributed by atoms with E-state index in [0.717, 1.165) is 10.8 Å². The molecular formula is C23H20ClN3O3. The second-order valence-electron chi connectivity index (χ2n) is 7.25. The van der Waals surface area contributed by atoms with Crippen LogP contribution in [0.25, 0.3) is 10.8 Å². The first kappa shape index (κ1) is 19.9. The molecule has 7 heteroatoms. The Hall–Kier alpha value is -3.38. The Morgan fingerprint density at radius 2 is 1.70 bits per heavy atom. The lowest BCUT2D eigenvalue weighted by molar-refractivity contribution is -0.132. The molecule has 0 aromatic heterocycles. The van der Waals surface area contributed by atoms with Gasteiger partial charge in [0.25, 0.3) is 5.91 Å². The SMILES string of the molecule is CN(CC(=O)N1CC(=O)N(c2ccc(Cl)cc2)C1)C(=O)c1ccc2ccccc2c1. The van der Waals surface area contributed by atoms with Crippen LogP contribution < -0.4 is 4.90 Å². The number of benzene rings is 3. The highest BCUT2D eigenvalue weighted by atomic mass is 35.5. The second-order valence-corrected chi connectivity index (χ2v) is 7.69. The molecule has 0 spiro atoms. The van der Waals surface area contributed by atoms with Crippen LogP contribution >= 0.6 is 11.6 Å². The highest BCUT2D eigenvalue weighted by Crippen LogP contribution is 2.22. The molecule has 1 saturated heterocycles. The molecule has 1 aliphatic rings. The second kappa shape index (κ2) is 8.16. The maximum absolute atomic E-state index is 12.8. The largest absolute Gasteiger partial charge is 0.332 e. The molecule has 0 bridgehead atoms. The zero-order valence-electron chi connectivity index (χ0n) is 16.4. The standard InChI is InChI=1S/C23H20ClN3O3/c1-25(23(30)18-7-6-16-4-2-3-5-17(16)12-18)13-21(28)26-14-22(29)27(15-26)20-10-8-19(24)9-11-20/h2-12H,13-15H2,1H3. The molecule has 3 aromatic carbocycles. The van der Waals surface area contributed by atoms with Gasteiger partial charge in [-0.1, -0.05) is 41.9 Å². The molecule has 0 N–H and O–H groups in total. The normalized spacial score (nSPS) is 13.7. The molecule has 3 amide bonds. The number of hydrogen-bond donors (Lipinski definition) is 0. The van der Waals surface area contributed by atoms with Crippen LogP contribution in [0.1, 0.15) is 10.4 Å². The summed E-state index contributed by atoms with van der Waals surface area (Å²) in [6.45, 7) is 0.0319. The number of carbonyl (C=O) groups is 3. The summed E-state index contributed by atoms with van der Waals surface area (Å²) in [6, 6.07) is 20.1. The fourth-order valence-electron chi connectivity index (χ4n) is 3.48. The van der Waals surface area contributed by atoms with Crippen LogP contribution in [0.2, 0.25) is 5.02 Å². The van der Waals surface area contributed by atoms with Crippen molar-refractivity contribution in [3.63, 3.8) is 0 Å². The van der Waals surface area contributed by atoms with Gasteiger partial charge in [0.1, 0.15) is 13.2 Å². The Morgan fingerprint density at radius 1 is 1.00 bits per heavy atom. The van der Waals surface area contributed by atoms with Gasteiger partial charge in [-0.05, 0) is 47.2 Å². The first-order valence-corrected chi connectivity index (χ1v) is 9.88. The minimum Gasteiger partial charge on any atom is -0.332 e. The van der Waals surface area contributed by atoms with Gasteiger partial charge in [-0.2, -0.15) is 0 Å². The summed E-state index contributed by atoms with van der Waals surface area (Å²) in [4.78, 5) is 42.2. The summed E-state index contributed by atoms with van der Waals surface area (Å²) in [5, 5.41) is 2.59. The van der Waals surface area contributed by atoms with Crippen LogP contribution in [0.4, 0.5) is 5.69 Å². The number of nitrogens with zero attached hydrogens (tertiary/aromatic N) is 3. The van der Waals surface area contributed by atoms with E-state index in [2.05, 4.69) is 0 Å². The van der Waals surface area contributed by atoms with Gasteiger partial charge in [0, 0.05) is 23.3 Å². The fourth-order valence-corrected chi connectivity index (χ4v) is 3.61. The Morgan fingerprint density at radius 3 is 2.43 bits per heavy atom. The van der Waals surface area contributed by atoms with Crippen LogP contribution in [-0.4, -0.2) is 54.3 Å². The van der Waals surface area contributed by atoms with Crippen LogP contribution in [0.5, 0.6) is 0 Å².